The molecule has 2 N–H and O–H groups in total. The highest BCUT2D eigenvalue weighted by Gasteiger charge is 2.33. The van der Waals surface area contributed by atoms with Crippen molar-refractivity contribution in [3.8, 4) is 0 Å². The number of nitrogens with zero attached hydrogens (tertiary/aromatic N) is 1. The van der Waals surface area contributed by atoms with Gasteiger partial charge in [0, 0.05) is 24.8 Å². The number of anilines is 1. The summed E-state index contributed by atoms with van der Waals surface area (Å²) in [5.74, 6) is 0. The van der Waals surface area contributed by atoms with Gasteiger partial charge in [-0.05, 0) is 57.7 Å². The summed E-state index contributed by atoms with van der Waals surface area (Å²) in [6.07, 6.45) is 3.38. The van der Waals surface area contributed by atoms with Crippen molar-refractivity contribution in [2.75, 3.05) is 18.4 Å². The fraction of sp³-hybridized carbons (Fsp3) is 0.632. The van der Waals surface area contributed by atoms with E-state index in [1.807, 2.05) is 24.3 Å². The Balaban J connectivity index is 1.84. The zero-order valence-electron chi connectivity index (χ0n) is 16.2. The molecule has 1 saturated heterocycles. The number of amides is 2. The normalized spacial score (nSPS) is 16.5. The number of urea groups is 1. The van der Waals surface area contributed by atoms with E-state index in [1.54, 1.807) is 25.7 Å². The molecule has 26 heavy (non-hydrogen) atoms. The van der Waals surface area contributed by atoms with Crippen LogP contribution in [0.4, 0.5) is 10.5 Å². The van der Waals surface area contributed by atoms with Crippen LogP contribution in [0.1, 0.15) is 52.5 Å². The number of hydrogen-bond donors (Lipinski definition) is 2. The fourth-order valence-corrected chi connectivity index (χ4v) is 3.87. The lowest BCUT2D eigenvalue weighted by molar-refractivity contribution is 0.193. The zero-order chi connectivity index (χ0) is 19.4. The molecule has 6 nitrogen and oxygen atoms in total. The molecule has 0 radical (unpaired) electrons. The minimum atomic E-state index is -3.36. The van der Waals surface area contributed by atoms with E-state index in [0.717, 1.165) is 18.5 Å². The van der Waals surface area contributed by atoms with Gasteiger partial charge in [0.1, 0.15) is 0 Å². The van der Waals surface area contributed by atoms with E-state index in [1.165, 1.54) is 5.56 Å². The molecule has 2 amide bonds. The van der Waals surface area contributed by atoms with Gasteiger partial charge in [0.25, 0.3) is 0 Å². The molecule has 0 aromatic heterocycles. The molecule has 0 unspecified atom stereocenters. The van der Waals surface area contributed by atoms with Crippen LogP contribution in [-0.2, 0) is 16.4 Å². The number of carbonyl (C=O) groups is 1. The highest BCUT2D eigenvalue weighted by Crippen LogP contribution is 2.19. The van der Waals surface area contributed by atoms with Crippen LogP contribution in [0.25, 0.3) is 0 Å². The zero-order valence-corrected chi connectivity index (χ0v) is 17.0. The SMILES string of the molecule is CCCc1ccc(NC(=O)N2CCC(NS(=O)(=O)C(C)(C)C)CC2)cc1. The van der Waals surface area contributed by atoms with Crippen LogP contribution < -0.4 is 10.0 Å². The van der Waals surface area contributed by atoms with E-state index in [0.29, 0.717) is 25.9 Å². The van der Waals surface area contributed by atoms with Crippen LogP contribution in [0.3, 0.4) is 0 Å². The number of likely N-dealkylation sites (tertiary alicyclic amines) is 1. The van der Waals surface area contributed by atoms with Crippen molar-refractivity contribution >= 4 is 21.7 Å². The maximum atomic E-state index is 12.4. The van der Waals surface area contributed by atoms with E-state index in [-0.39, 0.29) is 12.1 Å². The third-order valence-electron chi connectivity index (χ3n) is 4.65. The molecule has 1 fully saturated rings. The van der Waals surface area contributed by atoms with E-state index in [2.05, 4.69) is 17.0 Å². The molecular weight excluding hydrogens is 350 g/mol. The first-order valence-electron chi connectivity index (χ1n) is 9.29. The minimum Gasteiger partial charge on any atom is -0.324 e. The molecule has 1 aromatic carbocycles. The van der Waals surface area contributed by atoms with Crippen molar-refractivity contribution in [2.45, 2.75) is 64.2 Å². The maximum Gasteiger partial charge on any atom is 0.321 e. The van der Waals surface area contributed by atoms with Crippen molar-refractivity contribution in [3.05, 3.63) is 29.8 Å². The molecule has 0 aliphatic carbocycles. The summed E-state index contributed by atoms with van der Waals surface area (Å²) in [5.41, 5.74) is 2.04. The first kappa shape index (κ1) is 20.7. The number of rotatable bonds is 5. The average molecular weight is 382 g/mol. The lowest BCUT2D eigenvalue weighted by Crippen LogP contribution is -2.50. The molecule has 1 aromatic rings. The van der Waals surface area contributed by atoms with Crippen LogP contribution in [0, 0.1) is 0 Å². The van der Waals surface area contributed by atoms with Gasteiger partial charge >= 0.3 is 6.03 Å². The van der Waals surface area contributed by atoms with Gasteiger partial charge in [-0.15, -0.1) is 0 Å². The smallest absolute Gasteiger partial charge is 0.321 e. The Morgan fingerprint density at radius 2 is 1.73 bits per heavy atom. The topological polar surface area (TPSA) is 78.5 Å². The van der Waals surface area contributed by atoms with Crippen molar-refractivity contribution < 1.29 is 13.2 Å². The van der Waals surface area contributed by atoms with Gasteiger partial charge in [0.15, 0.2) is 0 Å². The second kappa shape index (κ2) is 8.39. The highest BCUT2D eigenvalue weighted by molar-refractivity contribution is 7.90. The number of nitrogens with one attached hydrogen (secondary N) is 2. The predicted octanol–water partition coefficient (Wildman–Crippen LogP) is 3.35. The van der Waals surface area contributed by atoms with E-state index < -0.39 is 14.8 Å². The number of piperidine rings is 1. The molecule has 0 saturated carbocycles. The summed E-state index contributed by atoms with van der Waals surface area (Å²) in [7, 11) is -3.36. The lowest BCUT2D eigenvalue weighted by atomic mass is 10.1. The van der Waals surface area contributed by atoms with Crippen LogP contribution in [0.2, 0.25) is 0 Å². The summed E-state index contributed by atoms with van der Waals surface area (Å²) < 4.78 is 26.4. The number of benzene rings is 1. The van der Waals surface area contributed by atoms with E-state index in [4.69, 9.17) is 0 Å². The van der Waals surface area contributed by atoms with Gasteiger partial charge in [0.05, 0.1) is 4.75 Å². The Labute approximate surface area is 157 Å². The van der Waals surface area contributed by atoms with Crippen LogP contribution in [0.15, 0.2) is 24.3 Å². The van der Waals surface area contributed by atoms with Gasteiger partial charge in [-0.25, -0.2) is 17.9 Å². The van der Waals surface area contributed by atoms with Gasteiger partial charge in [0.2, 0.25) is 10.0 Å². The minimum absolute atomic E-state index is 0.114. The molecule has 1 heterocycles. The molecule has 1 aliphatic rings. The summed E-state index contributed by atoms with van der Waals surface area (Å²) in [6.45, 7) is 8.27. The molecule has 0 bridgehead atoms. The summed E-state index contributed by atoms with van der Waals surface area (Å²) in [6, 6.07) is 7.67. The van der Waals surface area contributed by atoms with Crippen molar-refractivity contribution in [3.63, 3.8) is 0 Å². The Kier molecular flexibility index (Phi) is 6.69. The van der Waals surface area contributed by atoms with Gasteiger partial charge in [-0.1, -0.05) is 25.5 Å². The fourth-order valence-electron chi connectivity index (χ4n) is 2.84. The Morgan fingerprint density at radius 1 is 1.15 bits per heavy atom. The van der Waals surface area contributed by atoms with Gasteiger partial charge < -0.3 is 10.2 Å². The third-order valence-corrected chi connectivity index (χ3v) is 6.91. The molecule has 0 atom stereocenters. The second-order valence-corrected chi connectivity index (χ2v) is 10.3. The Hall–Kier alpha value is -1.60. The van der Waals surface area contributed by atoms with Crippen LogP contribution >= 0.6 is 0 Å². The summed E-state index contributed by atoms with van der Waals surface area (Å²) in [4.78, 5) is 14.1. The first-order valence-corrected chi connectivity index (χ1v) is 10.8. The van der Waals surface area contributed by atoms with Gasteiger partial charge in [-0.3, -0.25) is 0 Å². The number of carbonyl (C=O) groups excluding carboxylic acids is 1. The number of sulfonamides is 1. The van der Waals surface area contributed by atoms with Crippen LogP contribution in [-0.4, -0.2) is 43.2 Å². The van der Waals surface area contributed by atoms with Crippen LogP contribution in [0.5, 0.6) is 0 Å². The van der Waals surface area contributed by atoms with Crippen molar-refractivity contribution in [2.24, 2.45) is 0 Å². The lowest BCUT2D eigenvalue weighted by Gasteiger charge is -2.33. The Morgan fingerprint density at radius 3 is 2.23 bits per heavy atom. The maximum absolute atomic E-state index is 12.4. The monoisotopic (exact) mass is 381 g/mol. The predicted molar refractivity (Wildman–Crippen MR) is 106 cm³/mol. The number of hydrogen-bond acceptors (Lipinski definition) is 3. The molecule has 0 spiro atoms. The molecule has 146 valence electrons. The quantitative estimate of drug-likeness (QED) is 0.821. The standard InChI is InChI=1S/C19H31N3O3S/c1-5-6-15-7-9-16(10-8-15)20-18(23)22-13-11-17(12-14-22)21-26(24,25)19(2,3)4/h7-10,17,21H,5-6,11-14H2,1-4H3,(H,20,23). The molecule has 7 heteroatoms. The first-order chi connectivity index (χ1) is 12.1. The number of aryl methyl sites for hydroxylation is 1. The highest BCUT2D eigenvalue weighted by atomic mass is 32.2. The van der Waals surface area contributed by atoms with E-state index >= 15 is 0 Å². The molecular formula is C19H31N3O3S. The van der Waals surface area contributed by atoms with Gasteiger partial charge in [-0.2, -0.15) is 0 Å². The third kappa shape index (κ3) is 5.45. The average Bonchev–Trinajstić information content (AvgIpc) is 2.56. The van der Waals surface area contributed by atoms with E-state index in [9.17, 15) is 13.2 Å². The summed E-state index contributed by atoms with van der Waals surface area (Å²) >= 11 is 0. The Bertz CT molecular complexity index is 701. The largest absolute Gasteiger partial charge is 0.324 e. The molecule has 1 aliphatic heterocycles. The molecule has 2 rings (SSSR count). The van der Waals surface area contributed by atoms with Crippen molar-refractivity contribution in [1.82, 2.24) is 9.62 Å². The summed E-state index contributed by atoms with van der Waals surface area (Å²) in [5, 5.41) is 2.92. The second-order valence-electron chi connectivity index (χ2n) is 7.87. The van der Waals surface area contributed by atoms with Crippen molar-refractivity contribution in [1.29, 1.82) is 0 Å².